The molecule has 0 spiro atoms. The predicted molar refractivity (Wildman–Crippen MR) is 60.1 cm³/mol. The monoisotopic (exact) mass is 221 g/mol. The van der Waals surface area contributed by atoms with Crippen molar-refractivity contribution in [2.24, 2.45) is 5.73 Å². The second kappa shape index (κ2) is 3.92. The highest BCUT2D eigenvalue weighted by molar-refractivity contribution is 7.08. The average molecular weight is 221 g/mol. The molecule has 0 aliphatic carbocycles. The molecule has 0 radical (unpaired) electrons. The standard InChI is InChI=1S/C11H11NO2S/c12-11(7-3-4-15-6-7)9-2-1-8(13)5-10(9)14/h1-6,11,13-14H,12H2/t11-/m1/s1. The minimum atomic E-state index is -0.350. The van der Waals surface area contributed by atoms with Crippen LogP contribution < -0.4 is 5.73 Å². The maximum absolute atomic E-state index is 9.62. The van der Waals surface area contributed by atoms with Gasteiger partial charge in [-0.05, 0) is 34.5 Å². The number of phenols is 2. The summed E-state index contributed by atoms with van der Waals surface area (Å²) in [6.07, 6.45) is 0. The lowest BCUT2D eigenvalue weighted by Crippen LogP contribution is -2.10. The van der Waals surface area contributed by atoms with Crippen molar-refractivity contribution in [3.63, 3.8) is 0 Å². The molecule has 0 unspecified atom stereocenters. The molecule has 0 fully saturated rings. The SMILES string of the molecule is N[C@H](c1ccsc1)c1ccc(O)cc1O. The quantitative estimate of drug-likeness (QED) is 0.728. The molecule has 0 bridgehead atoms. The lowest BCUT2D eigenvalue weighted by molar-refractivity contribution is 0.444. The second-order valence-corrected chi connectivity index (χ2v) is 4.06. The first-order valence-electron chi connectivity index (χ1n) is 4.48. The summed E-state index contributed by atoms with van der Waals surface area (Å²) in [5.41, 5.74) is 7.55. The Labute approximate surface area is 91.4 Å². The summed E-state index contributed by atoms with van der Waals surface area (Å²) in [6, 6.07) is 6.01. The van der Waals surface area contributed by atoms with E-state index in [0.717, 1.165) is 5.56 Å². The van der Waals surface area contributed by atoms with Gasteiger partial charge in [-0.1, -0.05) is 0 Å². The maximum Gasteiger partial charge on any atom is 0.124 e. The zero-order valence-electron chi connectivity index (χ0n) is 7.92. The summed E-state index contributed by atoms with van der Waals surface area (Å²) in [5, 5.41) is 22.7. The second-order valence-electron chi connectivity index (χ2n) is 3.28. The van der Waals surface area contributed by atoms with Crippen LogP contribution in [0.1, 0.15) is 17.2 Å². The summed E-state index contributed by atoms with van der Waals surface area (Å²) in [6.45, 7) is 0. The number of nitrogens with two attached hydrogens (primary N) is 1. The third kappa shape index (κ3) is 1.95. The number of hydrogen-bond donors (Lipinski definition) is 3. The first kappa shape index (κ1) is 10.0. The summed E-state index contributed by atoms with van der Waals surface area (Å²) >= 11 is 1.56. The molecule has 2 rings (SSSR count). The molecule has 15 heavy (non-hydrogen) atoms. The van der Waals surface area contributed by atoms with E-state index in [1.807, 2.05) is 16.8 Å². The van der Waals surface area contributed by atoms with Crippen LogP contribution >= 0.6 is 11.3 Å². The molecule has 1 aromatic carbocycles. The van der Waals surface area contributed by atoms with Gasteiger partial charge >= 0.3 is 0 Å². The smallest absolute Gasteiger partial charge is 0.124 e. The Kier molecular flexibility index (Phi) is 2.62. The Hall–Kier alpha value is -1.52. The fraction of sp³-hybridized carbons (Fsp3) is 0.0909. The zero-order chi connectivity index (χ0) is 10.8. The molecule has 78 valence electrons. The summed E-state index contributed by atoms with van der Waals surface area (Å²) in [4.78, 5) is 0. The van der Waals surface area contributed by atoms with Crippen LogP contribution in [0.3, 0.4) is 0 Å². The number of aromatic hydroxyl groups is 2. The molecule has 1 aromatic heterocycles. The van der Waals surface area contributed by atoms with Crippen LogP contribution in [0.15, 0.2) is 35.0 Å². The molecule has 4 N–H and O–H groups in total. The Morgan fingerprint density at radius 3 is 2.60 bits per heavy atom. The largest absolute Gasteiger partial charge is 0.508 e. The van der Waals surface area contributed by atoms with Crippen molar-refractivity contribution in [3.05, 3.63) is 46.2 Å². The van der Waals surface area contributed by atoms with E-state index in [1.165, 1.54) is 12.1 Å². The first-order chi connectivity index (χ1) is 7.18. The third-order valence-corrected chi connectivity index (χ3v) is 2.95. The van der Waals surface area contributed by atoms with Crippen LogP contribution in [0.5, 0.6) is 11.5 Å². The van der Waals surface area contributed by atoms with E-state index in [4.69, 9.17) is 10.8 Å². The highest BCUT2D eigenvalue weighted by atomic mass is 32.1. The topological polar surface area (TPSA) is 66.5 Å². The van der Waals surface area contributed by atoms with Crippen LogP contribution in [0.2, 0.25) is 0 Å². The zero-order valence-corrected chi connectivity index (χ0v) is 8.74. The van der Waals surface area contributed by atoms with E-state index in [2.05, 4.69) is 0 Å². The van der Waals surface area contributed by atoms with Gasteiger partial charge in [-0.2, -0.15) is 11.3 Å². The normalized spacial score (nSPS) is 12.6. The van der Waals surface area contributed by atoms with Crippen LogP contribution in [0, 0.1) is 0 Å². The Morgan fingerprint density at radius 2 is 2.00 bits per heavy atom. The van der Waals surface area contributed by atoms with Crippen molar-refractivity contribution in [1.29, 1.82) is 0 Å². The maximum atomic E-state index is 9.62. The Balaban J connectivity index is 2.38. The number of hydrogen-bond acceptors (Lipinski definition) is 4. The molecular weight excluding hydrogens is 210 g/mol. The highest BCUT2D eigenvalue weighted by Gasteiger charge is 2.13. The molecule has 0 aliphatic rings. The van der Waals surface area contributed by atoms with E-state index in [9.17, 15) is 5.11 Å². The Morgan fingerprint density at radius 1 is 1.20 bits per heavy atom. The number of benzene rings is 1. The van der Waals surface area contributed by atoms with E-state index in [-0.39, 0.29) is 17.5 Å². The summed E-state index contributed by atoms with van der Waals surface area (Å²) < 4.78 is 0. The summed E-state index contributed by atoms with van der Waals surface area (Å²) in [5.74, 6) is 0.0578. The average Bonchev–Trinajstić information content (AvgIpc) is 2.69. The van der Waals surface area contributed by atoms with Crippen molar-refractivity contribution in [3.8, 4) is 11.5 Å². The number of thiophene rings is 1. The molecule has 0 amide bonds. The minimum absolute atomic E-state index is 0.0219. The van der Waals surface area contributed by atoms with Gasteiger partial charge in [0.05, 0.1) is 6.04 Å². The fourth-order valence-corrected chi connectivity index (χ4v) is 2.12. The van der Waals surface area contributed by atoms with Crippen molar-refractivity contribution in [1.82, 2.24) is 0 Å². The highest BCUT2D eigenvalue weighted by Crippen LogP contribution is 2.30. The molecule has 1 atom stereocenters. The fourth-order valence-electron chi connectivity index (χ4n) is 1.43. The molecule has 0 aliphatic heterocycles. The number of phenolic OH excluding ortho intramolecular Hbond substituents is 2. The van der Waals surface area contributed by atoms with Crippen LogP contribution in [0.25, 0.3) is 0 Å². The molecule has 4 heteroatoms. The van der Waals surface area contributed by atoms with Gasteiger partial charge in [-0.25, -0.2) is 0 Å². The molecular formula is C11H11NO2S. The van der Waals surface area contributed by atoms with E-state index >= 15 is 0 Å². The van der Waals surface area contributed by atoms with E-state index in [1.54, 1.807) is 17.4 Å². The van der Waals surface area contributed by atoms with Crippen LogP contribution in [-0.2, 0) is 0 Å². The lowest BCUT2D eigenvalue weighted by atomic mass is 10.0. The van der Waals surface area contributed by atoms with Gasteiger partial charge in [0.15, 0.2) is 0 Å². The third-order valence-electron chi connectivity index (χ3n) is 2.25. The molecule has 1 heterocycles. The van der Waals surface area contributed by atoms with Gasteiger partial charge in [0.1, 0.15) is 11.5 Å². The molecule has 0 saturated heterocycles. The van der Waals surface area contributed by atoms with E-state index in [0.29, 0.717) is 5.56 Å². The molecule has 0 saturated carbocycles. The molecule has 2 aromatic rings. The Bertz CT molecular complexity index is 454. The van der Waals surface area contributed by atoms with Crippen molar-refractivity contribution in [2.75, 3.05) is 0 Å². The number of rotatable bonds is 2. The van der Waals surface area contributed by atoms with Gasteiger partial charge < -0.3 is 15.9 Å². The van der Waals surface area contributed by atoms with Crippen molar-refractivity contribution in [2.45, 2.75) is 6.04 Å². The van der Waals surface area contributed by atoms with Crippen LogP contribution in [-0.4, -0.2) is 10.2 Å². The predicted octanol–water partition coefficient (Wildman–Crippen LogP) is 2.21. The van der Waals surface area contributed by atoms with Gasteiger partial charge in [-0.15, -0.1) is 0 Å². The summed E-state index contributed by atoms with van der Waals surface area (Å²) in [7, 11) is 0. The lowest BCUT2D eigenvalue weighted by Gasteiger charge is -2.12. The van der Waals surface area contributed by atoms with Gasteiger partial charge in [0.2, 0.25) is 0 Å². The minimum Gasteiger partial charge on any atom is -0.508 e. The van der Waals surface area contributed by atoms with Crippen molar-refractivity contribution >= 4 is 11.3 Å². The van der Waals surface area contributed by atoms with Gasteiger partial charge in [0, 0.05) is 11.6 Å². The van der Waals surface area contributed by atoms with Gasteiger partial charge in [-0.3, -0.25) is 0 Å². The van der Waals surface area contributed by atoms with E-state index < -0.39 is 0 Å². The van der Waals surface area contributed by atoms with Gasteiger partial charge in [0.25, 0.3) is 0 Å². The molecule has 3 nitrogen and oxygen atoms in total. The van der Waals surface area contributed by atoms with Crippen molar-refractivity contribution < 1.29 is 10.2 Å². The van der Waals surface area contributed by atoms with Crippen LogP contribution in [0.4, 0.5) is 0 Å². The first-order valence-corrected chi connectivity index (χ1v) is 5.42.